The molecule has 0 radical (unpaired) electrons. The van der Waals surface area contributed by atoms with Crippen LogP contribution in [0.25, 0.3) is 0 Å². The van der Waals surface area contributed by atoms with E-state index in [1.807, 2.05) is 0 Å². The van der Waals surface area contributed by atoms with Gasteiger partial charge in [0.2, 0.25) is 0 Å². The summed E-state index contributed by atoms with van der Waals surface area (Å²) in [7, 11) is 1.55. The van der Waals surface area contributed by atoms with Crippen molar-refractivity contribution in [1.82, 2.24) is 4.90 Å². The van der Waals surface area contributed by atoms with Crippen molar-refractivity contribution in [2.24, 2.45) is 0 Å². The van der Waals surface area contributed by atoms with Crippen molar-refractivity contribution in [3.05, 3.63) is 29.3 Å². The molecule has 0 spiro atoms. The van der Waals surface area contributed by atoms with Crippen LogP contribution in [-0.2, 0) is 6.18 Å². The number of nitrogens with zero attached hydrogens (tertiary/aromatic N) is 1. The molecular weight excluding hydrogens is 285 g/mol. The van der Waals surface area contributed by atoms with E-state index in [0.717, 1.165) is 25.0 Å². The van der Waals surface area contributed by atoms with Gasteiger partial charge in [-0.3, -0.25) is 4.79 Å². The Kier molecular flexibility index (Phi) is 4.41. The highest BCUT2D eigenvalue weighted by Gasteiger charge is 2.36. The maximum atomic E-state index is 12.8. The van der Waals surface area contributed by atoms with Crippen molar-refractivity contribution in [2.45, 2.75) is 25.1 Å². The Hall–Kier alpha value is -1.76. The smallest absolute Gasteiger partial charge is 0.395 e. The number of carbonyl (C=O) groups excluding carboxylic acids is 1. The first-order chi connectivity index (χ1) is 9.88. The van der Waals surface area contributed by atoms with Gasteiger partial charge in [-0.25, -0.2) is 0 Å². The molecule has 116 valence electrons. The van der Waals surface area contributed by atoms with E-state index < -0.39 is 17.6 Å². The molecule has 21 heavy (non-hydrogen) atoms. The minimum atomic E-state index is -4.50. The highest BCUT2D eigenvalue weighted by atomic mass is 19.4. The lowest BCUT2D eigenvalue weighted by molar-refractivity contribution is -0.137. The average molecular weight is 302 g/mol. The molecule has 0 saturated heterocycles. The predicted molar refractivity (Wildman–Crippen MR) is 72.1 cm³/mol. The molecule has 2 rings (SSSR count). The van der Waals surface area contributed by atoms with E-state index >= 15 is 0 Å². The van der Waals surface area contributed by atoms with Crippen LogP contribution in [0.15, 0.2) is 18.2 Å². The van der Waals surface area contributed by atoms with Crippen LogP contribution in [0.3, 0.4) is 0 Å². The molecular formula is C14H17F3N2O2. The lowest BCUT2D eigenvalue weighted by atomic mass is 10.1. The van der Waals surface area contributed by atoms with E-state index in [1.54, 1.807) is 7.05 Å². The van der Waals surface area contributed by atoms with Crippen molar-refractivity contribution in [2.75, 3.05) is 25.5 Å². The number of benzene rings is 1. The number of amides is 1. The van der Waals surface area contributed by atoms with E-state index in [0.29, 0.717) is 5.69 Å². The lowest BCUT2D eigenvalue weighted by Gasteiger charge is -2.23. The molecule has 0 bridgehead atoms. The summed E-state index contributed by atoms with van der Waals surface area (Å²) in [5.41, 5.74) is -0.533. The van der Waals surface area contributed by atoms with Gasteiger partial charge in [0.05, 0.1) is 17.7 Å². The van der Waals surface area contributed by atoms with E-state index in [4.69, 9.17) is 5.11 Å². The highest BCUT2D eigenvalue weighted by Crippen LogP contribution is 2.34. The summed E-state index contributed by atoms with van der Waals surface area (Å²) >= 11 is 0. The van der Waals surface area contributed by atoms with E-state index in [2.05, 4.69) is 5.32 Å². The van der Waals surface area contributed by atoms with E-state index in [-0.39, 0.29) is 24.8 Å². The molecule has 1 aromatic rings. The van der Waals surface area contributed by atoms with Gasteiger partial charge in [0, 0.05) is 25.3 Å². The minimum Gasteiger partial charge on any atom is -0.395 e. The monoisotopic (exact) mass is 302 g/mol. The van der Waals surface area contributed by atoms with Crippen molar-refractivity contribution >= 4 is 11.6 Å². The van der Waals surface area contributed by atoms with Crippen LogP contribution in [0.4, 0.5) is 18.9 Å². The number of anilines is 1. The third-order valence-electron chi connectivity index (χ3n) is 3.44. The largest absolute Gasteiger partial charge is 0.416 e. The standard InChI is InChI=1S/C14H17F3N2O2/c1-18-12-5-2-9(14(15,16)17)8-11(12)13(21)19(6-7-20)10-3-4-10/h2,5,8,10,18,20H,3-4,6-7H2,1H3. The third-order valence-corrected chi connectivity index (χ3v) is 3.44. The van der Waals surface area contributed by atoms with Gasteiger partial charge in [0.25, 0.3) is 5.91 Å². The minimum absolute atomic E-state index is 0.0175. The first-order valence-corrected chi connectivity index (χ1v) is 6.69. The summed E-state index contributed by atoms with van der Waals surface area (Å²) < 4.78 is 38.4. The van der Waals surface area contributed by atoms with E-state index in [9.17, 15) is 18.0 Å². The van der Waals surface area contributed by atoms with Crippen molar-refractivity contribution in [3.8, 4) is 0 Å². The fourth-order valence-electron chi connectivity index (χ4n) is 2.21. The van der Waals surface area contributed by atoms with Gasteiger partial charge in [-0.1, -0.05) is 0 Å². The van der Waals surface area contributed by atoms with Crippen LogP contribution in [0.2, 0.25) is 0 Å². The Morgan fingerprint density at radius 1 is 1.43 bits per heavy atom. The molecule has 1 amide bonds. The quantitative estimate of drug-likeness (QED) is 0.878. The van der Waals surface area contributed by atoms with Crippen molar-refractivity contribution in [1.29, 1.82) is 0 Å². The zero-order chi connectivity index (χ0) is 15.6. The Labute approximate surface area is 120 Å². The zero-order valence-electron chi connectivity index (χ0n) is 11.6. The number of rotatable bonds is 5. The number of alkyl halides is 3. The average Bonchev–Trinajstić information content (AvgIpc) is 3.26. The summed E-state index contributed by atoms with van der Waals surface area (Å²) in [6, 6.07) is 3.07. The molecule has 1 aliphatic carbocycles. The Bertz CT molecular complexity index is 527. The number of aliphatic hydroxyl groups is 1. The first-order valence-electron chi connectivity index (χ1n) is 6.69. The molecule has 7 heteroatoms. The second kappa shape index (κ2) is 5.93. The predicted octanol–water partition coefficient (Wildman–Crippen LogP) is 2.34. The second-order valence-corrected chi connectivity index (χ2v) is 4.96. The molecule has 1 aliphatic rings. The van der Waals surface area contributed by atoms with Gasteiger partial charge in [-0.15, -0.1) is 0 Å². The maximum absolute atomic E-state index is 12.8. The van der Waals surface area contributed by atoms with Gasteiger partial charge in [0.1, 0.15) is 0 Å². The Morgan fingerprint density at radius 3 is 2.57 bits per heavy atom. The van der Waals surface area contributed by atoms with Crippen LogP contribution in [-0.4, -0.2) is 42.2 Å². The molecule has 0 heterocycles. The molecule has 0 unspecified atom stereocenters. The number of halogens is 3. The lowest BCUT2D eigenvalue weighted by Crippen LogP contribution is -2.36. The van der Waals surface area contributed by atoms with Gasteiger partial charge < -0.3 is 15.3 Å². The molecule has 1 aromatic carbocycles. The van der Waals surface area contributed by atoms with Gasteiger partial charge in [0.15, 0.2) is 0 Å². The maximum Gasteiger partial charge on any atom is 0.416 e. The molecule has 4 nitrogen and oxygen atoms in total. The zero-order valence-corrected chi connectivity index (χ0v) is 11.6. The molecule has 0 aromatic heterocycles. The van der Waals surface area contributed by atoms with E-state index in [1.165, 1.54) is 11.0 Å². The molecule has 0 atom stereocenters. The number of hydrogen-bond donors (Lipinski definition) is 2. The second-order valence-electron chi connectivity index (χ2n) is 4.96. The van der Waals surface area contributed by atoms with Crippen LogP contribution in [0, 0.1) is 0 Å². The Balaban J connectivity index is 2.37. The fraction of sp³-hybridized carbons (Fsp3) is 0.500. The molecule has 2 N–H and O–H groups in total. The third kappa shape index (κ3) is 3.47. The van der Waals surface area contributed by atoms with Crippen LogP contribution in [0.5, 0.6) is 0 Å². The number of nitrogens with one attached hydrogen (secondary N) is 1. The normalized spacial score (nSPS) is 14.9. The fourth-order valence-corrected chi connectivity index (χ4v) is 2.21. The molecule has 0 aliphatic heterocycles. The van der Waals surface area contributed by atoms with Crippen LogP contribution < -0.4 is 5.32 Å². The summed E-state index contributed by atoms with van der Waals surface area (Å²) in [5.74, 6) is -0.484. The molecule has 1 saturated carbocycles. The number of aliphatic hydroxyl groups excluding tert-OH is 1. The summed E-state index contributed by atoms with van der Waals surface area (Å²) in [4.78, 5) is 13.9. The molecule has 1 fully saturated rings. The number of hydrogen-bond acceptors (Lipinski definition) is 3. The van der Waals surface area contributed by atoms with Gasteiger partial charge in [-0.2, -0.15) is 13.2 Å². The van der Waals surface area contributed by atoms with Crippen molar-refractivity contribution in [3.63, 3.8) is 0 Å². The van der Waals surface area contributed by atoms with Gasteiger partial charge >= 0.3 is 6.18 Å². The topological polar surface area (TPSA) is 52.6 Å². The summed E-state index contributed by atoms with van der Waals surface area (Å²) in [5, 5.41) is 11.8. The highest BCUT2D eigenvalue weighted by molar-refractivity contribution is 6.00. The number of carbonyl (C=O) groups is 1. The van der Waals surface area contributed by atoms with Crippen LogP contribution >= 0.6 is 0 Å². The summed E-state index contributed by atoms with van der Waals surface area (Å²) in [6.45, 7) is -0.0843. The summed E-state index contributed by atoms with van der Waals surface area (Å²) in [6.07, 6.45) is -2.86. The Morgan fingerprint density at radius 2 is 2.10 bits per heavy atom. The van der Waals surface area contributed by atoms with Crippen molar-refractivity contribution < 1.29 is 23.1 Å². The first kappa shape index (κ1) is 15.6. The van der Waals surface area contributed by atoms with Gasteiger partial charge in [-0.05, 0) is 31.0 Å². The SMILES string of the molecule is CNc1ccc(C(F)(F)F)cc1C(=O)N(CCO)C1CC1. The van der Waals surface area contributed by atoms with Crippen LogP contribution in [0.1, 0.15) is 28.8 Å².